The van der Waals surface area contributed by atoms with E-state index in [1.165, 1.54) is 6.33 Å². The summed E-state index contributed by atoms with van der Waals surface area (Å²) in [5, 5.41) is 3.10. The first kappa shape index (κ1) is 10.9. The van der Waals surface area contributed by atoms with Gasteiger partial charge in [-0.2, -0.15) is 0 Å². The molecule has 1 aromatic heterocycles. The van der Waals surface area contributed by atoms with Crippen molar-refractivity contribution in [3.8, 4) is 0 Å². The van der Waals surface area contributed by atoms with Gasteiger partial charge in [0.05, 0.1) is 5.38 Å². The highest BCUT2D eigenvalue weighted by atomic mass is 35.5. The van der Waals surface area contributed by atoms with Crippen LogP contribution in [0.4, 0.5) is 5.82 Å². The Balaban J connectivity index is 1.92. The molecule has 0 aliphatic rings. The molecular formula is C12H12ClN3. The average molecular weight is 234 g/mol. The SMILES string of the molecule is ClC(CNc1ccncn1)c1ccccc1. The molecule has 3 nitrogen and oxygen atoms in total. The highest BCUT2D eigenvalue weighted by molar-refractivity contribution is 6.21. The molecule has 1 N–H and O–H groups in total. The van der Waals surface area contributed by atoms with Gasteiger partial charge in [0.2, 0.25) is 0 Å². The van der Waals surface area contributed by atoms with E-state index in [0.717, 1.165) is 11.4 Å². The molecule has 0 bridgehead atoms. The van der Waals surface area contributed by atoms with Gasteiger partial charge in [0.15, 0.2) is 0 Å². The van der Waals surface area contributed by atoms with Crippen molar-refractivity contribution in [2.24, 2.45) is 0 Å². The third kappa shape index (κ3) is 2.94. The zero-order chi connectivity index (χ0) is 11.2. The van der Waals surface area contributed by atoms with Crippen molar-refractivity contribution in [2.45, 2.75) is 5.38 Å². The third-order valence-corrected chi connectivity index (χ3v) is 2.61. The van der Waals surface area contributed by atoms with Crippen LogP contribution in [-0.4, -0.2) is 16.5 Å². The Kier molecular flexibility index (Phi) is 3.72. The number of anilines is 1. The van der Waals surface area contributed by atoms with Crippen LogP contribution in [0.2, 0.25) is 0 Å². The smallest absolute Gasteiger partial charge is 0.129 e. The van der Waals surface area contributed by atoms with Crippen molar-refractivity contribution in [2.75, 3.05) is 11.9 Å². The minimum atomic E-state index is -0.0591. The maximum atomic E-state index is 6.25. The Morgan fingerprint density at radius 1 is 1.19 bits per heavy atom. The number of nitrogens with zero attached hydrogens (tertiary/aromatic N) is 2. The first-order valence-corrected chi connectivity index (χ1v) is 5.49. The van der Waals surface area contributed by atoms with E-state index in [0.29, 0.717) is 6.54 Å². The van der Waals surface area contributed by atoms with Gasteiger partial charge in [-0.25, -0.2) is 9.97 Å². The summed E-state index contributed by atoms with van der Waals surface area (Å²) in [6.45, 7) is 0.641. The summed E-state index contributed by atoms with van der Waals surface area (Å²) in [4.78, 5) is 7.91. The predicted molar refractivity (Wildman–Crippen MR) is 65.6 cm³/mol. The van der Waals surface area contributed by atoms with Crippen LogP contribution < -0.4 is 5.32 Å². The van der Waals surface area contributed by atoms with Crippen LogP contribution in [0.15, 0.2) is 48.9 Å². The minimum Gasteiger partial charge on any atom is -0.368 e. The van der Waals surface area contributed by atoms with Crippen molar-refractivity contribution in [3.63, 3.8) is 0 Å². The fourth-order valence-electron chi connectivity index (χ4n) is 1.37. The largest absolute Gasteiger partial charge is 0.368 e. The Hall–Kier alpha value is -1.61. The third-order valence-electron chi connectivity index (χ3n) is 2.21. The Labute approximate surface area is 99.5 Å². The van der Waals surface area contributed by atoms with E-state index in [-0.39, 0.29) is 5.38 Å². The quantitative estimate of drug-likeness (QED) is 0.826. The Bertz CT molecular complexity index is 419. The molecule has 2 aromatic rings. The maximum Gasteiger partial charge on any atom is 0.129 e. The number of aromatic nitrogens is 2. The van der Waals surface area contributed by atoms with E-state index < -0.39 is 0 Å². The summed E-state index contributed by atoms with van der Waals surface area (Å²) in [6.07, 6.45) is 3.20. The monoisotopic (exact) mass is 233 g/mol. The molecule has 1 heterocycles. The lowest BCUT2D eigenvalue weighted by Crippen LogP contribution is -2.08. The van der Waals surface area contributed by atoms with E-state index in [1.807, 2.05) is 36.4 Å². The molecule has 4 heteroatoms. The van der Waals surface area contributed by atoms with Crippen LogP contribution in [0.3, 0.4) is 0 Å². The lowest BCUT2D eigenvalue weighted by atomic mass is 10.1. The van der Waals surface area contributed by atoms with Crippen LogP contribution in [0.5, 0.6) is 0 Å². The summed E-state index contributed by atoms with van der Waals surface area (Å²) in [5.74, 6) is 0.789. The van der Waals surface area contributed by atoms with Crippen molar-refractivity contribution in [1.29, 1.82) is 0 Å². The Morgan fingerprint density at radius 3 is 2.69 bits per heavy atom. The second-order valence-corrected chi connectivity index (χ2v) is 3.88. The summed E-state index contributed by atoms with van der Waals surface area (Å²) in [7, 11) is 0. The molecule has 0 saturated heterocycles. The summed E-state index contributed by atoms with van der Waals surface area (Å²) < 4.78 is 0. The van der Waals surface area contributed by atoms with Crippen molar-refractivity contribution in [3.05, 3.63) is 54.5 Å². The standard InChI is InChI=1S/C12H12ClN3/c13-11(10-4-2-1-3-5-10)8-15-12-6-7-14-9-16-12/h1-7,9,11H,8H2,(H,14,15,16). The minimum absolute atomic E-state index is 0.0591. The number of hydrogen-bond acceptors (Lipinski definition) is 3. The molecule has 16 heavy (non-hydrogen) atoms. The van der Waals surface area contributed by atoms with E-state index in [2.05, 4.69) is 15.3 Å². The van der Waals surface area contributed by atoms with Crippen LogP contribution >= 0.6 is 11.6 Å². The summed E-state index contributed by atoms with van der Waals surface area (Å²) in [5.41, 5.74) is 1.10. The molecule has 1 aromatic carbocycles. The van der Waals surface area contributed by atoms with Gasteiger partial charge >= 0.3 is 0 Å². The number of rotatable bonds is 4. The summed E-state index contributed by atoms with van der Waals surface area (Å²) in [6, 6.07) is 11.8. The van der Waals surface area contributed by atoms with E-state index >= 15 is 0 Å². The highest BCUT2D eigenvalue weighted by Gasteiger charge is 2.06. The topological polar surface area (TPSA) is 37.8 Å². The second kappa shape index (κ2) is 5.47. The number of nitrogens with one attached hydrogen (secondary N) is 1. The molecule has 1 unspecified atom stereocenters. The van der Waals surface area contributed by atoms with Gasteiger partial charge in [0.25, 0.3) is 0 Å². The second-order valence-electron chi connectivity index (χ2n) is 3.35. The molecule has 0 spiro atoms. The number of alkyl halides is 1. The predicted octanol–water partition coefficient (Wildman–Crippen LogP) is 2.87. The van der Waals surface area contributed by atoms with Gasteiger partial charge in [0, 0.05) is 12.7 Å². The fraction of sp³-hybridized carbons (Fsp3) is 0.167. The normalized spacial score (nSPS) is 12.1. The maximum absolute atomic E-state index is 6.25. The lowest BCUT2D eigenvalue weighted by Gasteiger charge is -2.11. The van der Waals surface area contributed by atoms with Gasteiger partial charge in [-0.1, -0.05) is 30.3 Å². The molecule has 1 atom stereocenters. The fourth-order valence-corrected chi connectivity index (χ4v) is 1.59. The summed E-state index contributed by atoms with van der Waals surface area (Å²) >= 11 is 6.25. The van der Waals surface area contributed by atoms with Gasteiger partial charge < -0.3 is 5.32 Å². The van der Waals surface area contributed by atoms with Crippen molar-refractivity contribution in [1.82, 2.24) is 9.97 Å². The van der Waals surface area contributed by atoms with Gasteiger partial charge in [-0.05, 0) is 11.6 Å². The van der Waals surface area contributed by atoms with Gasteiger partial charge in [0.1, 0.15) is 12.1 Å². The molecular weight excluding hydrogens is 222 g/mol. The molecule has 2 rings (SSSR count). The zero-order valence-electron chi connectivity index (χ0n) is 8.68. The van der Waals surface area contributed by atoms with Crippen molar-refractivity contribution < 1.29 is 0 Å². The van der Waals surface area contributed by atoms with Crippen LogP contribution in [-0.2, 0) is 0 Å². The van der Waals surface area contributed by atoms with E-state index in [9.17, 15) is 0 Å². The molecule has 0 aliphatic carbocycles. The molecule has 0 amide bonds. The first-order valence-electron chi connectivity index (χ1n) is 5.05. The molecule has 0 fully saturated rings. The number of benzene rings is 1. The van der Waals surface area contributed by atoms with Crippen molar-refractivity contribution >= 4 is 17.4 Å². The molecule has 0 aliphatic heterocycles. The first-order chi connectivity index (χ1) is 7.86. The van der Waals surface area contributed by atoms with Crippen LogP contribution in [0.25, 0.3) is 0 Å². The number of halogens is 1. The number of hydrogen-bond donors (Lipinski definition) is 1. The van der Waals surface area contributed by atoms with E-state index in [4.69, 9.17) is 11.6 Å². The molecule has 0 saturated carbocycles. The Morgan fingerprint density at radius 2 is 2.00 bits per heavy atom. The molecule has 0 radical (unpaired) electrons. The van der Waals surface area contributed by atoms with Crippen LogP contribution in [0, 0.1) is 0 Å². The van der Waals surface area contributed by atoms with Crippen LogP contribution in [0.1, 0.15) is 10.9 Å². The van der Waals surface area contributed by atoms with Gasteiger partial charge in [-0.15, -0.1) is 11.6 Å². The van der Waals surface area contributed by atoms with Gasteiger partial charge in [-0.3, -0.25) is 0 Å². The lowest BCUT2D eigenvalue weighted by molar-refractivity contribution is 0.963. The average Bonchev–Trinajstić information content (AvgIpc) is 2.38. The molecule has 82 valence electrons. The van der Waals surface area contributed by atoms with E-state index in [1.54, 1.807) is 6.20 Å². The highest BCUT2D eigenvalue weighted by Crippen LogP contribution is 2.19. The zero-order valence-corrected chi connectivity index (χ0v) is 9.43.